The number of H-pyrrole nitrogens is 1. The second kappa shape index (κ2) is 5.59. The molecule has 2 atom stereocenters. The first-order chi connectivity index (χ1) is 11.6. The lowest BCUT2D eigenvalue weighted by molar-refractivity contribution is -0.124. The molecule has 2 aromatic heterocycles. The number of rotatable bonds is 3. The van der Waals surface area contributed by atoms with Crippen LogP contribution in [0.4, 0.5) is 5.13 Å². The maximum Gasteiger partial charge on any atom is 0.234 e. The van der Waals surface area contributed by atoms with Crippen LogP contribution < -0.4 is 5.32 Å². The van der Waals surface area contributed by atoms with Crippen molar-refractivity contribution >= 4 is 33.9 Å². The standard InChI is InChI=1S/C17H17N3O3S/c1-3-11-14(21)12-10(16(22)20-17-19-7-8(2)24-17)6-9-4-5-18-13(9)15(12)23-11/h4-5,7,10-11,18H,3,6H2,1-2H3,(H,19,20,22). The average molecular weight is 343 g/mol. The molecule has 0 saturated heterocycles. The SMILES string of the molecule is CCC1OC2=C(C1=O)C(C(=O)Nc1ncc(C)s1)Cc1cc[nH]c12. The lowest BCUT2D eigenvalue weighted by Crippen LogP contribution is -2.32. The van der Waals surface area contributed by atoms with Gasteiger partial charge in [-0.25, -0.2) is 4.98 Å². The van der Waals surface area contributed by atoms with Crippen molar-refractivity contribution < 1.29 is 14.3 Å². The number of hydrogen-bond donors (Lipinski definition) is 2. The Kier molecular flexibility index (Phi) is 3.53. The molecule has 24 heavy (non-hydrogen) atoms. The molecular formula is C17H17N3O3S. The number of Topliss-reactive ketones (excluding diaryl/α,β-unsaturated/α-hetero) is 1. The minimum Gasteiger partial charge on any atom is -0.480 e. The number of aromatic amines is 1. The number of nitrogens with one attached hydrogen (secondary N) is 2. The first kappa shape index (κ1) is 15.1. The minimum atomic E-state index is -0.545. The van der Waals surface area contributed by atoms with Crippen LogP contribution in [0.2, 0.25) is 0 Å². The van der Waals surface area contributed by atoms with E-state index in [9.17, 15) is 9.59 Å². The highest BCUT2D eigenvalue weighted by Crippen LogP contribution is 2.42. The molecule has 0 bridgehead atoms. The zero-order valence-corrected chi connectivity index (χ0v) is 14.2. The Labute approximate surface area is 142 Å². The van der Waals surface area contributed by atoms with Crippen LogP contribution in [-0.2, 0) is 20.7 Å². The van der Waals surface area contributed by atoms with Gasteiger partial charge in [-0.3, -0.25) is 9.59 Å². The van der Waals surface area contributed by atoms with Crippen LogP contribution in [-0.4, -0.2) is 27.8 Å². The van der Waals surface area contributed by atoms with Crippen molar-refractivity contribution in [3.63, 3.8) is 0 Å². The van der Waals surface area contributed by atoms with E-state index < -0.39 is 12.0 Å². The lowest BCUT2D eigenvalue weighted by Gasteiger charge is -2.21. The predicted octanol–water partition coefficient (Wildman–Crippen LogP) is 2.68. The zero-order chi connectivity index (χ0) is 16.8. The van der Waals surface area contributed by atoms with Gasteiger partial charge in [0.15, 0.2) is 17.0 Å². The van der Waals surface area contributed by atoms with E-state index in [2.05, 4.69) is 15.3 Å². The summed E-state index contributed by atoms with van der Waals surface area (Å²) in [5, 5.41) is 3.39. The summed E-state index contributed by atoms with van der Waals surface area (Å²) in [5.41, 5.74) is 2.31. The van der Waals surface area contributed by atoms with Gasteiger partial charge in [-0.05, 0) is 31.4 Å². The van der Waals surface area contributed by atoms with E-state index in [0.29, 0.717) is 29.3 Å². The highest BCUT2D eigenvalue weighted by atomic mass is 32.1. The van der Waals surface area contributed by atoms with Crippen LogP contribution in [0.5, 0.6) is 0 Å². The summed E-state index contributed by atoms with van der Waals surface area (Å²) in [6.07, 6.45) is 4.10. The molecule has 0 radical (unpaired) electrons. The molecule has 1 aliphatic carbocycles. The Morgan fingerprint density at radius 2 is 2.38 bits per heavy atom. The van der Waals surface area contributed by atoms with Crippen LogP contribution >= 0.6 is 11.3 Å². The fourth-order valence-electron chi connectivity index (χ4n) is 3.27. The molecule has 2 N–H and O–H groups in total. The zero-order valence-electron chi connectivity index (χ0n) is 13.4. The van der Waals surface area contributed by atoms with Crippen molar-refractivity contribution in [1.29, 1.82) is 0 Å². The van der Waals surface area contributed by atoms with Gasteiger partial charge in [0.05, 0.1) is 17.2 Å². The number of aryl methyl sites for hydroxylation is 1. The third kappa shape index (κ3) is 2.27. The summed E-state index contributed by atoms with van der Waals surface area (Å²) < 4.78 is 5.85. The summed E-state index contributed by atoms with van der Waals surface area (Å²) in [4.78, 5) is 33.8. The van der Waals surface area contributed by atoms with Gasteiger partial charge in [0.25, 0.3) is 0 Å². The van der Waals surface area contributed by atoms with Gasteiger partial charge in [-0.2, -0.15) is 0 Å². The van der Waals surface area contributed by atoms with Crippen molar-refractivity contribution in [1.82, 2.24) is 9.97 Å². The van der Waals surface area contributed by atoms with E-state index in [4.69, 9.17) is 4.74 Å². The van der Waals surface area contributed by atoms with Crippen molar-refractivity contribution in [2.24, 2.45) is 5.92 Å². The van der Waals surface area contributed by atoms with Gasteiger partial charge < -0.3 is 15.0 Å². The molecule has 7 heteroatoms. The van der Waals surface area contributed by atoms with Gasteiger partial charge in [-0.1, -0.05) is 6.92 Å². The maximum absolute atomic E-state index is 12.8. The monoisotopic (exact) mass is 343 g/mol. The summed E-state index contributed by atoms with van der Waals surface area (Å²) in [7, 11) is 0. The second-order valence-corrected chi connectivity index (χ2v) is 7.26. The molecule has 2 aliphatic rings. The molecule has 2 unspecified atom stereocenters. The van der Waals surface area contributed by atoms with E-state index in [1.807, 2.05) is 26.1 Å². The number of carbonyl (C=O) groups excluding carboxylic acids is 2. The number of hydrogen-bond acceptors (Lipinski definition) is 5. The summed E-state index contributed by atoms with van der Waals surface area (Å²) in [6.45, 7) is 3.84. The third-order valence-electron chi connectivity index (χ3n) is 4.43. The van der Waals surface area contributed by atoms with Crippen LogP contribution in [0.1, 0.15) is 29.5 Å². The van der Waals surface area contributed by atoms with E-state index >= 15 is 0 Å². The van der Waals surface area contributed by atoms with Crippen molar-refractivity contribution in [2.75, 3.05) is 5.32 Å². The molecule has 1 aliphatic heterocycles. The van der Waals surface area contributed by atoms with E-state index in [1.54, 1.807) is 6.20 Å². The average Bonchev–Trinajstić information content (AvgIpc) is 3.25. The highest BCUT2D eigenvalue weighted by Gasteiger charge is 2.45. The number of fused-ring (bicyclic) bond motifs is 2. The van der Waals surface area contributed by atoms with Gasteiger partial charge >= 0.3 is 0 Å². The Hall–Kier alpha value is -2.41. The maximum atomic E-state index is 12.8. The molecule has 0 spiro atoms. The summed E-state index contributed by atoms with van der Waals surface area (Å²) in [6, 6.07) is 1.93. The number of carbonyl (C=O) groups is 2. The van der Waals surface area contributed by atoms with Gasteiger partial charge in [-0.15, -0.1) is 11.3 Å². The fraction of sp³-hybridized carbons (Fsp3) is 0.353. The number of anilines is 1. The second-order valence-electron chi connectivity index (χ2n) is 6.02. The smallest absolute Gasteiger partial charge is 0.234 e. The largest absolute Gasteiger partial charge is 0.480 e. The fourth-order valence-corrected chi connectivity index (χ4v) is 3.94. The van der Waals surface area contributed by atoms with Crippen LogP contribution in [0.25, 0.3) is 5.76 Å². The Balaban J connectivity index is 1.69. The molecule has 124 valence electrons. The quantitative estimate of drug-likeness (QED) is 0.897. The normalized spacial score (nSPS) is 22.2. The van der Waals surface area contributed by atoms with E-state index in [0.717, 1.165) is 16.1 Å². The molecule has 1 amide bonds. The molecular weight excluding hydrogens is 326 g/mol. The number of ketones is 1. The molecule has 3 heterocycles. The minimum absolute atomic E-state index is 0.0804. The first-order valence-corrected chi connectivity index (χ1v) is 8.75. The summed E-state index contributed by atoms with van der Waals surface area (Å²) >= 11 is 1.42. The number of amides is 1. The van der Waals surface area contributed by atoms with Gasteiger partial charge in [0, 0.05) is 17.3 Å². The van der Waals surface area contributed by atoms with Crippen molar-refractivity contribution in [3.8, 4) is 0 Å². The van der Waals surface area contributed by atoms with Crippen LogP contribution in [0.15, 0.2) is 24.0 Å². The van der Waals surface area contributed by atoms with Gasteiger partial charge in [0.2, 0.25) is 11.7 Å². The topological polar surface area (TPSA) is 84.1 Å². The molecule has 0 saturated carbocycles. The van der Waals surface area contributed by atoms with Crippen LogP contribution in [0.3, 0.4) is 0 Å². The Morgan fingerprint density at radius 1 is 1.54 bits per heavy atom. The molecule has 0 fully saturated rings. The Morgan fingerprint density at radius 3 is 3.08 bits per heavy atom. The number of nitrogens with zero attached hydrogens (tertiary/aromatic N) is 1. The Bertz CT molecular complexity index is 864. The number of thiazole rings is 1. The third-order valence-corrected chi connectivity index (χ3v) is 5.26. The van der Waals surface area contributed by atoms with Crippen LogP contribution in [0, 0.1) is 12.8 Å². The van der Waals surface area contributed by atoms with Crippen molar-refractivity contribution in [3.05, 3.63) is 40.2 Å². The number of aromatic nitrogens is 2. The van der Waals surface area contributed by atoms with E-state index in [-0.39, 0.29) is 11.7 Å². The molecule has 4 rings (SSSR count). The van der Waals surface area contributed by atoms with Crippen molar-refractivity contribution in [2.45, 2.75) is 32.8 Å². The predicted molar refractivity (Wildman–Crippen MR) is 90.6 cm³/mol. The summed E-state index contributed by atoms with van der Waals surface area (Å²) in [5.74, 6) is -0.300. The van der Waals surface area contributed by atoms with Gasteiger partial charge in [0.1, 0.15) is 0 Å². The van der Waals surface area contributed by atoms with E-state index in [1.165, 1.54) is 11.3 Å². The number of ether oxygens (including phenoxy) is 1. The lowest BCUT2D eigenvalue weighted by atomic mass is 9.82. The first-order valence-electron chi connectivity index (χ1n) is 7.93. The highest BCUT2D eigenvalue weighted by molar-refractivity contribution is 7.15. The molecule has 6 nitrogen and oxygen atoms in total. The molecule has 2 aromatic rings. The molecule has 0 aromatic carbocycles.